The highest BCUT2D eigenvalue weighted by molar-refractivity contribution is 6.71. The number of alkyl halides is 1. The maximum Gasteiger partial charge on any atom is 0.462 e. The Balaban J connectivity index is 2.00. The minimum Gasteiger partial charge on any atom is -0.403 e. The predicted octanol–water partition coefficient (Wildman–Crippen LogP) is 5.71. The van der Waals surface area contributed by atoms with E-state index in [0.717, 1.165) is 12.8 Å². The summed E-state index contributed by atoms with van der Waals surface area (Å²) in [7, 11) is -0.945. The largest absolute Gasteiger partial charge is 0.462 e. The van der Waals surface area contributed by atoms with Gasteiger partial charge in [0.25, 0.3) is 0 Å². The molecule has 0 bridgehead atoms. The summed E-state index contributed by atoms with van der Waals surface area (Å²) in [6, 6.07) is 10.5. The van der Waals surface area contributed by atoms with Crippen LogP contribution in [-0.2, 0) is 25.0 Å². The number of aryl methyl sites for hydroxylation is 1. The molecule has 1 aromatic rings. The molecule has 4 nitrogen and oxygen atoms in total. The number of benzene rings is 1. The van der Waals surface area contributed by atoms with E-state index in [1.807, 2.05) is 6.07 Å². The molecule has 2 fully saturated rings. The van der Waals surface area contributed by atoms with E-state index < -0.39 is 41.9 Å². The van der Waals surface area contributed by atoms with Gasteiger partial charge in [-0.1, -0.05) is 30.3 Å². The molecule has 2 aliphatic rings. The van der Waals surface area contributed by atoms with E-state index >= 15 is 0 Å². The van der Waals surface area contributed by atoms with Gasteiger partial charge in [-0.2, -0.15) is 0 Å². The van der Waals surface area contributed by atoms with Gasteiger partial charge >= 0.3 is 14.2 Å². The number of hydrogen-bond acceptors (Lipinski definition) is 4. The number of hydrogen-bond donors (Lipinski definition) is 0. The summed E-state index contributed by atoms with van der Waals surface area (Å²) >= 11 is 6.39. The molecule has 2 heterocycles. The molecule has 2 aliphatic heterocycles. The van der Waals surface area contributed by atoms with E-state index in [-0.39, 0.29) is 0 Å². The van der Waals surface area contributed by atoms with Gasteiger partial charge in [-0.05, 0) is 80.2 Å². The van der Waals surface area contributed by atoms with Crippen LogP contribution >= 0.6 is 11.6 Å². The lowest BCUT2D eigenvalue weighted by atomic mass is 9.36. The molecule has 7 heteroatoms. The van der Waals surface area contributed by atoms with Gasteiger partial charge in [0.15, 0.2) is 0 Å². The Bertz CT molecular complexity index is 668. The van der Waals surface area contributed by atoms with Gasteiger partial charge in [0, 0.05) is 11.1 Å². The van der Waals surface area contributed by atoms with E-state index in [9.17, 15) is 0 Å². The van der Waals surface area contributed by atoms with Gasteiger partial charge < -0.3 is 18.6 Å². The number of halogens is 1. The van der Waals surface area contributed by atoms with Crippen molar-refractivity contribution in [1.29, 1.82) is 0 Å². The molecule has 166 valence electrons. The highest BCUT2D eigenvalue weighted by Gasteiger charge is 2.68. The van der Waals surface area contributed by atoms with Crippen molar-refractivity contribution in [3.8, 4) is 0 Å². The lowest BCUT2D eigenvalue weighted by molar-refractivity contribution is 0.00578. The predicted molar refractivity (Wildman–Crippen MR) is 125 cm³/mol. The van der Waals surface area contributed by atoms with Gasteiger partial charge in [0.1, 0.15) is 0 Å². The van der Waals surface area contributed by atoms with Gasteiger partial charge in [-0.25, -0.2) is 0 Å². The molecule has 0 aliphatic carbocycles. The maximum atomic E-state index is 6.58. The molecule has 0 aromatic heterocycles. The summed E-state index contributed by atoms with van der Waals surface area (Å²) in [4.78, 5) is 0. The van der Waals surface area contributed by atoms with Crippen LogP contribution in [0.2, 0.25) is 5.21 Å². The Morgan fingerprint density at radius 2 is 1.10 bits per heavy atom. The first-order valence-electron chi connectivity index (χ1n) is 11.1. The third-order valence-corrected chi connectivity index (χ3v) is 7.92. The van der Waals surface area contributed by atoms with Crippen LogP contribution in [0.1, 0.15) is 73.8 Å². The second-order valence-electron chi connectivity index (χ2n) is 10.8. The third kappa shape index (κ3) is 4.23. The van der Waals surface area contributed by atoms with Crippen molar-refractivity contribution in [2.45, 2.75) is 102 Å². The maximum absolute atomic E-state index is 6.58. The van der Waals surface area contributed by atoms with E-state index in [1.165, 1.54) is 5.56 Å². The fourth-order valence-electron chi connectivity index (χ4n) is 4.06. The van der Waals surface area contributed by atoms with Gasteiger partial charge in [0.2, 0.25) is 0 Å². The summed E-state index contributed by atoms with van der Waals surface area (Å²) in [6.07, 6.45) is 2.33. The van der Waals surface area contributed by atoms with E-state index in [4.69, 9.17) is 30.2 Å². The molecule has 3 rings (SSSR count). The first-order chi connectivity index (χ1) is 13.8. The molecule has 0 atom stereocenters. The van der Waals surface area contributed by atoms with Crippen molar-refractivity contribution >= 4 is 25.8 Å². The van der Waals surface area contributed by atoms with Crippen LogP contribution in [0, 0.1) is 0 Å². The Hall–Kier alpha value is -0.520. The Kier molecular flexibility index (Phi) is 6.53. The zero-order chi connectivity index (χ0) is 22.4. The van der Waals surface area contributed by atoms with E-state index in [1.54, 1.807) is 0 Å². The summed E-state index contributed by atoms with van der Waals surface area (Å²) in [5.74, 6) is 0.475. The molecular formula is C23H37B2ClO4. The minimum atomic E-state index is -0.534. The molecule has 1 aromatic carbocycles. The molecule has 0 spiro atoms. The Labute approximate surface area is 188 Å². The standard InChI is InChI=1S/C23H37B2ClO4/c1-19(2)20(3,4)28-24(27-19)23(16-17-26,15-14-18-12-10-9-11-13-18)25-29-21(5,6)22(7,8)30-25/h9-13H,14-17H2,1-8H3. The smallest absolute Gasteiger partial charge is 0.403 e. The average molecular weight is 435 g/mol. The molecular weight excluding hydrogens is 397 g/mol. The van der Waals surface area contributed by atoms with Crippen LogP contribution < -0.4 is 0 Å². The zero-order valence-electron chi connectivity index (χ0n) is 19.9. The Morgan fingerprint density at radius 1 is 0.700 bits per heavy atom. The molecule has 0 saturated carbocycles. The SMILES string of the molecule is CC1(C)OB(C(CCCl)(CCc2ccccc2)B2OC(C)(C)C(C)(C)O2)OC1(C)C. The normalized spacial score (nSPS) is 24.4. The van der Waals surface area contributed by atoms with E-state index in [0.29, 0.717) is 12.3 Å². The third-order valence-electron chi connectivity index (χ3n) is 7.73. The Morgan fingerprint density at radius 3 is 1.47 bits per heavy atom. The summed E-state index contributed by atoms with van der Waals surface area (Å²) < 4.78 is 26.3. The van der Waals surface area contributed by atoms with Crippen molar-refractivity contribution in [3.05, 3.63) is 35.9 Å². The topological polar surface area (TPSA) is 36.9 Å². The minimum absolute atomic E-state index is 0.439. The molecule has 0 amide bonds. The van der Waals surface area contributed by atoms with Gasteiger partial charge in [0.05, 0.1) is 22.4 Å². The van der Waals surface area contributed by atoms with Gasteiger partial charge in [-0.3, -0.25) is 0 Å². The fourth-order valence-corrected chi connectivity index (χ4v) is 4.41. The fraction of sp³-hybridized carbons (Fsp3) is 0.739. The average Bonchev–Trinajstić information content (AvgIpc) is 2.99. The molecule has 0 N–H and O–H groups in total. The number of rotatable bonds is 7. The van der Waals surface area contributed by atoms with Crippen LogP contribution in [0.15, 0.2) is 30.3 Å². The van der Waals surface area contributed by atoms with Crippen molar-refractivity contribution in [1.82, 2.24) is 0 Å². The monoisotopic (exact) mass is 434 g/mol. The first kappa shape index (κ1) is 24.1. The van der Waals surface area contributed by atoms with Gasteiger partial charge in [-0.15, -0.1) is 11.6 Å². The summed E-state index contributed by atoms with van der Waals surface area (Å²) in [5, 5.41) is -0.534. The van der Waals surface area contributed by atoms with Crippen LogP contribution in [0.3, 0.4) is 0 Å². The lowest BCUT2D eigenvalue weighted by Crippen LogP contribution is -2.49. The van der Waals surface area contributed by atoms with Crippen LogP contribution in [0.4, 0.5) is 0 Å². The van der Waals surface area contributed by atoms with Crippen LogP contribution in [0.5, 0.6) is 0 Å². The van der Waals surface area contributed by atoms with Crippen molar-refractivity contribution < 1.29 is 18.6 Å². The van der Waals surface area contributed by atoms with Crippen molar-refractivity contribution in [2.24, 2.45) is 0 Å². The van der Waals surface area contributed by atoms with Crippen molar-refractivity contribution in [3.63, 3.8) is 0 Å². The molecule has 2 saturated heterocycles. The second-order valence-corrected chi connectivity index (χ2v) is 11.2. The summed E-state index contributed by atoms with van der Waals surface area (Å²) in [5.41, 5.74) is -0.487. The van der Waals surface area contributed by atoms with Crippen LogP contribution in [0.25, 0.3) is 0 Å². The van der Waals surface area contributed by atoms with E-state index in [2.05, 4.69) is 79.7 Å². The lowest BCUT2D eigenvalue weighted by Gasteiger charge is -2.37. The second kappa shape index (κ2) is 8.12. The summed E-state index contributed by atoms with van der Waals surface area (Å²) in [6.45, 7) is 16.7. The zero-order valence-corrected chi connectivity index (χ0v) is 20.6. The van der Waals surface area contributed by atoms with Crippen LogP contribution in [-0.4, -0.2) is 42.5 Å². The first-order valence-corrected chi connectivity index (χ1v) is 11.6. The highest BCUT2D eigenvalue weighted by atomic mass is 35.5. The van der Waals surface area contributed by atoms with Crippen molar-refractivity contribution in [2.75, 3.05) is 5.88 Å². The quantitative estimate of drug-likeness (QED) is 0.407. The molecule has 0 unspecified atom stereocenters. The highest BCUT2D eigenvalue weighted by Crippen LogP contribution is 2.55. The molecule has 30 heavy (non-hydrogen) atoms. The molecule has 0 radical (unpaired) electrons.